The Morgan fingerprint density at radius 3 is 2.56 bits per heavy atom. The molecule has 1 fully saturated rings. The van der Waals surface area contributed by atoms with Gasteiger partial charge in [0.05, 0.1) is 0 Å². The molecule has 0 saturated heterocycles. The third kappa shape index (κ3) is 3.78. The van der Waals surface area contributed by atoms with Crippen molar-refractivity contribution in [1.82, 2.24) is 0 Å². The summed E-state index contributed by atoms with van der Waals surface area (Å²) < 4.78 is 0.457. The molecule has 0 spiro atoms. The molecule has 0 bridgehead atoms. The molecule has 0 nitrogen and oxygen atoms in total. The third-order valence-corrected chi connectivity index (χ3v) is 4.28. The van der Waals surface area contributed by atoms with Gasteiger partial charge in [-0.2, -0.15) is 0 Å². The Balaban J connectivity index is 0. The molecule has 0 amide bonds. The van der Waals surface area contributed by atoms with Crippen LogP contribution in [0, 0.1) is 11.8 Å². The first kappa shape index (κ1) is 19.4. The second-order valence-electron chi connectivity index (χ2n) is 4.75. The fourth-order valence-electron chi connectivity index (χ4n) is 2.91. The Morgan fingerprint density at radius 2 is 1.94 bits per heavy atom. The van der Waals surface area contributed by atoms with Gasteiger partial charge in [0.25, 0.3) is 0 Å². The molecule has 0 N–H and O–H groups in total. The number of allylic oxidation sites excluding steroid dienone is 4. The Morgan fingerprint density at radius 1 is 1.31 bits per heavy atom. The monoisotopic (exact) mass is 317 g/mol. The molecule has 0 aromatic heterocycles. The number of fused-ring (bicyclic) bond motifs is 1. The number of hydrogen-bond donors (Lipinski definition) is 0. The summed E-state index contributed by atoms with van der Waals surface area (Å²) in [6.07, 6.45) is 11.0. The van der Waals surface area contributed by atoms with Crippen molar-refractivity contribution >= 4 is 37.2 Å². The summed E-state index contributed by atoms with van der Waals surface area (Å²) in [6.45, 7) is 4.81. The van der Waals surface area contributed by atoms with Crippen molar-refractivity contribution in [2.24, 2.45) is 11.8 Å². The molecular weight excluding hydrogens is 298 g/mol. The second-order valence-corrected chi connectivity index (χ2v) is 6.47. The van der Waals surface area contributed by atoms with E-state index in [1.54, 1.807) is 5.57 Å². The number of halogens is 3. The van der Waals surface area contributed by atoms with Gasteiger partial charge in [0.1, 0.15) is 0 Å². The van der Waals surface area contributed by atoms with Crippen molar-refractivity contribution in [3.05, 3.63) is 23.8 Å². The van der Waals surface area contributed by atoms with Gasteiger partial charge in [-0.15, -0.1) is 37.2 Å². The van der Waals surface area contributed by atoms with Gasteiger partial charge in [0, 0.05) is 0 Å². The molecule has 1 saturated carbocycles. The minimum absolute atomic E-state index is 0. The first-order chi connectivity index (χ1) is 6.11. The quantitative estimate of drug-likeness (QED) is 0.557. The van der Waals surface area contributed by atoms with Crippen LogP contribution >= 0.6 is 37.2 Å². The maximum Gasteiger partial charge on any atom is -0.147 e. The van der Waals surface area contributed by atoms with Gasteiger partial charge in [0.15, 0.2) is 0 Å². The predicted molar refractivity (Wildman–Crippen MR) is 73.8 cm³/mol. The SMILES string of the molecule is CC1C[C](C)([Ti])C2=CC=CCCC21.Cl.Cl.Cl. The zero-order valence-corrected chi connectivity index (χ0v) is 13.7. The minimum Gasteiger partial charge on any atom is -0.147 e. The van der Waals surface area contributed by atoms with Crippen LogP contribution in [0.3, 0.4) is 0 Å². The van der Waals surface area contributed by atoms with Gasteiger partial charge in [-0.25, -0.2) is 0 Å². The van der Waals surface area contributed by atoms with E-state index < -0.39 is 0 Å². The summed E-state index contributed by atoms with van der Waals surface area (Å²) >= 11 is 2.40. The van der Waals surface area contributed by atoms with Gasteiger partial charge in [-0.1, -0.05) is 0 Å². The molecule has 2 rings (SSSR count). The molecule has 0 heterocycles. The van der Waals surface area contributed by atoms with Gasteiger partial charge >= 0.3 is 92.9 Å². The third-order valence-electron chi connectivity index (χ3n) is 3.51. The van der Waals surface area contributed by atoms with Crippen LogP contribution in [0.5, 0.6) is 0 Å². The molecule has 0 aliphatic heterocycles. The first-order valence-corrected chi connectivity index (χ1v) is 6.01. The van der Waals surface area contributed by atoms with E-state index in [1.165, 1.54) is 19.3 Å². The van der Waals surface area contributed by atoms with E-state index in [1.807, 2.05) is 0 Å². The van der Waals surface area contributed by atoms with E-state index in [0.717, 1.165) is 11.8 Å². The maximum absolute atomic E-state index is 2.42. The van der Waals surface area contributed by atoms with E-state index >= 15 is 0 Å². The molecule has 4 heteroatoms. The van der Waals surface area contributed by atoms with Gasteiger partial charge in [0.2, 0.25) is 0 Å². The summed E-state index contributed by atoms with van der Waals surface area (Å²) in [7, 11) is 0. The van der Waals surface area contributed by atoms with Crippen LogP contribution in [0.4, 0.5) is 0 Å². The van der Waals surface area contributed by atoms with Crippen LogP contribution in [-0.2, 0) is 20.4 Å². The van der Waals surface area contributed by atoms with E-state index in [2.05, 4.69) is 52.5 Å². The molecule has 2 aliphatic carbocycles. The normalized spacial score (nSPS) is 35.7. The Bertz CT molecular complexity index is 271. The van der Waals surface area contributed by atoms with Crippen molar-refractivity contribution in [1.29, 1.82) is 0 Å². The largest absolute Gasteiger partial charge is 0.147 e. The molecule has 3 atom stereocenters. The standard InChI is InChI=1S/C12H17.3ClH.Ti/c1-9-8-10(2)12-7-5-3-4-6-11(9)12;;;;/h3-4,6,10,12H,5,7-8H2,1-2H3;3*1H;. The summed E-state index contributed by atoms with van der Waals surface area (Å²) in [4.78, 5) is 0. The van der Waals surface area contributed by atoms with Crippen LogP contribution in [0.2, 0.25) is 3.72 Å². The molecule has 2 aliphatic rings. The molecule has 0 aromatic rings. The average Bonchev–Trinajstić information content (AvgIpc) is 2.28. The van der Waals surface area contributed by atoms with Crippen molar-refractivity contribution in [3.8, 4) is 0 Å². The topological polar surface area (TPSA) is 0 Å². The molecule has 3 unspecified atom stereocenters. The number of rotatable bonds is 0. The van der Waals surface area contributed by atoms with E-state index in [4.69, 9.17) is 0 Å². The fraction of sp³-hybridized carbons (Fsp3) is 0.667. The predicted octanol–water partition coefficient (Wildman–Crippen LogP) is 4.91. The summed E-state index contributed by atoms with van der Waals surface area (Å²) in [6, 6.07) is 0. The van der Waals surface area contributed by atoms with Crippen molar-refractivity contribution in [2.45, 2.75) is 36.8 Å². The van der Waals surface area contributed by atoms with E-state index in [9.17, 15) is 0 Å². The average molecular weight is 319 g/mol. The molecular formula is C12H20Cl3Ti. The van der Waals surface area contributed by atoms with Crippen LogP contribution in [0.25, 0.3) is 0 Å². The Kier molecular flexibility index (Phi) is 9.08. The first-order valence-electron chi connectivity index (χ1n) is 5.23. The Labute approximate surface area is 129 Å². The van der Waals surface area contributed by atoms with Gasteiger partial charge in [-0.05, 0) is 0 Å². The summed E-state index contributed by atoms with van der Waals surface area (Å²) in [5.41, 5.74) is 1.70. The molecule has 0 radical (unpaired) electrons. The van der Waals surface area contributed by atoms with Crippen LogP contribution in [0.15, 0.2) is 23.8 Å². The van der Waals surface area contributed by atoms with Gasteiger partial charge in [-0.3, -0.25) is 0 Å². The zero-order chi connectivity index (χ0) is 9.47. The molecule has 0 aromatic carbocycles. The Hall–Kier alpha value is 1.06. The summed E-state index contributed by atoms with van der Waals surface area (Å²) in [5, 5.41) is 0. The molecule has 93 valence electrons. The fourth-order valence-corrected chi connectivity index (χ4v) is 3.83. The smallest absolute Gasteiger partial charge is 0.147 e. The second kappa shape index (κ2) is 7.49. The van der Waals surface area contributed by atoms with Crippen molar-refractivity contribution < 1.29 is 20.4 Å². The van der Waals surface area contributed by atoms with E-state index in [-0.39, 0.29) is 37.2 Å². The van der Waals surface area contributed by atoms with Crippen LogP contribution < -0.4 is 0 Å². The van der Waals surface area contributed by atoms with Crippen LogP contribution in [-0.4, -0.2) is 0 Å². The van der Waals surface area contributed by atoms with Crippen molar-refractivity contribution in [2.75, 3.05) is 0 Å². The van der Waals surface area contributed by atoms with E-state index in [0.29, 0.717) is 3.72 Å². The van der Waals surface area contributed by atoms with Crippen LogP contribution in [0.1, 0.15) is 33.1 Å². The van der Waals surface area contributed by atoms with Gasteiger partial charge < -0.3 is 0 Å². The number of hydrogen-bond acceptors (Lipinski definition) is 0. The minimum atomic E-state index is 0. The zero-order valence-electron chi connectivity index (χ0n) is 9.73. The van der Waals surface area contributed by atoms with Crippen molar-refractivity contribution in [3.63, 3.8) is 0 Å². The summed E-state index contributed by atoms with van der Waals surface area (Å²) in [5.74, 6) is 1.76. The molecule has 16 heavy (non-hydrogen) atoms. The maximum atomic E-state index is 2.42.